The number of amides is 2. The van der Waals surface area contributed by atoms with Gasteiger partial charge in [-0.3, -0.25) is 14.5 Å². The highest BCUT2D eigenvalue weighted by molar-refractivity contribution is 6.01. The Morgan fingerprint density at radius 3 is 2.29 bits per heavy atom. The van der Waals surface area contributed by atoms with Crippen molar-refractivity contribution in [2.75, 3.05) is 20.6 Å². The van der Waals surface area contributed by atoms with Gasteiger partial charge < -0.3 is 4.84 Å². The summed E-state index contributed by atoms with van der Waals surface area (Å²) in [4.78, 5) is 39.3. The molecule has 0 aromatic rings. The second-order valence-corrected chi connectivity index (χ2v) is 3.28. The monoisotopic (exact) mass is 205 g/mol. The number of nitrogens with zero attached hydrogens (tertiary/aromatic N) is 2. The van der Waals surface area contributed by atoms with Crippen LogP contribution in [0.3, 0.4) is 0 Å². The Hall–Kier alpha value is -1.43. The second kappa shape index (κ2) is 4.19. The van der Waals surface area contributed by atoms with Crippen LogP contribution in [0.2, 0.25) is 0 Å². The molecule has 1 aliphatic rings. The maximum absolute atomic E-state index is 11.1. The fourth-order valence-electron chi connectivity index (χ4n) is 1.05. The summed E-state index contributed by atoms with van der Waals surface area (Å²) in [7, 11) is 3.38. The summed E-state index contributed by atoms with van der Waals surface area (Å²) in [6.45, 7) is 0.0387. The highest BCUT2D eigenvalue weighted by Crippen LogP contribution is 2.11. The molecule has 1 fully saturated rings. The van der Waals surface area contributed by atoms with Crippen molar-refractivity contribution in [2.45, 2.75) is 12.8 Å². The molecule has 2 amide bonds. The number of hydroxylamine groups is 2. The minimum Gasteiger partial charge on any atom is -0.329 e. The lowest BCUT2D eigenvalue weighted by Gasteiger charge is -2.14. The van der Waals surface area contributed by atoms with Crippen LogP contribution < -0.4 is 0 Å². The summed E-state index contributed by atoms with van der Waals surface area (Å²) in [6, 6.07) is 0. The predicted octanol–water partition coefficient (Wildman–Crippen LogP) is -0.845. The molecule has 0 unspecified atom stereocenters. The zero-order valence-corrected chi connectivity index (χ0v) is 8.15. The van der Waals surface area contributed by atoms with Gasteiger partial charge in [0.05, 0.1) is 6.54 Å². The molecule has 6 nitrogen and oxygen atoms in total. The van der Waals surface area contributed by atoms with Gasteiger partial charge in [-0.15, -0.1) is 5.06 Å². The van der Waals surface area contributed by atoms with Crippen molar-refractivity contribution in [1.82, 2.24) is 9.96 Å². The third-order valence-corrected chi connectivity index (χ3v) is 1.64. The fraction of sp³-hybridized carbons (Fsp3) is 0.625. The van der Waals surface area contributed by atoms with E-state index >= 15 is 0 Å². The van der Waals surface area contributed by atoms with Gasteiger partial charge >= 0.3 is 5.97 Å². The average molecular weight is 205 g/mol. The van der Waals surface area contributed by atoms with Gasteiger partial charge in [0, 0.05) is 12.8 Å². The van der Waals surface area contributed by atoms with Gasteiger partial charge in [-0.1, -0.05) is 0 Å². The molecule has 0 spiro atoms. The highest BCUT2D eigenvalue weighted by Gasteiger charge is 2.32. The minimum atomic E-state index is -0.612. The van der Waals surface area contributed by atoms with Gasteiger partial charge in [-0.25, -0.2) is 4.79 Å². The summed E-state index contributed by atoms with van der Waals surface area (Å²) in [5, 5.41) is 0.547. The smallest absolute Gasteiger partial charge is 0.329 e. The number of hydrogen-bond acceptors (Lipinski definition) is 5. The lowest BCUT2D eigenvalue weighted by atomic mass is 10.4. The number of carbonyl (C=O) groups is 3. The molecule has 0 aliphatic carbocycles. The first-order valence-electron chi connectivity index (χ1n) is 4.22. The molecule has 0 N–H and O–H groups in total. The van der Waals surface area contributed by atoms with Crippen LogP contribution in [-0.4, -0.2) is 48.4 Å². The lowest BCUT2D eigenvalue weighted by Crippen LogP contribution is -2.35. The summed E-state index contributed by atoms with van der Waals surface area (Å²) < 4.78 is 0. The van der Waals surface area contributed by atoms with Gasteiger partial charge in [-0.05, 0) is 14.1 Å². The van der Waals surface area contributed by atoms with E-state index in [1.807, 2.05) is 0 Å². The molecule has 1 rings (SSSR count). The summed E-state index contributed by atoms with van der Waals surface area (Å²) in [5.41, 5.74) is 0. The van der Waals surface area contributed by atoms with Gasteiger partial charge in [0.2, 0.25) is 0 Å². The quantitative estimate of drug-likeness (QED) is 0.341. The normalized spacial score (nSPS) is 16.6. The van der Waals surface area contributed by atoms with E-state index in [1.54, 1.807) is 19.0 Å². The molecule has 1 heterocycles. The molecular weight excluding hydrogens is 193 g/mol. The Labute approximate surface area is 81.4 Å². The summed E-state index contributed by atoms with van der Waals surface area (Å²) >= 11 is 0. The van der Waals surface area contributed by atoms with Gasteiger partial charge in [-0.2, -0.15) is 0 Å². The van der Waals surface area contributed by atoms with Crippen molar-refractivity contribution < 1.29 is 19.2 Å². The lowest BCUT2D eigenvalue weighted by molar-refractivity contribution is -0.197. The second-order valence-electron chi connectivity index (χ2n) is 3.28. The zero-order valence-electron chi connectivity index (χ0n) is 8.15. The Kier molecular flexibility index (Phi) is 3.19. The predicted molar refractivity (Wildman–Crippen MR) is 45.7 cm³/mol. The van der Waals surface area contributed by atoms with E-state index < -0.39 is 17.8 Å². The topological polar surface area (TPSA) is 66.9 Å². The number of likely N-dealkylation sites (N-methyl/N-ethyl adjacent to an activating group) is 1. The summed E-state index contributed by atoms with van der Waals surface area (Å²) in [6.07, 6.45) is 0.238. The van der Waals surface area contributed by atoms with Crippen molar-refractivity contribution in [3.05, 3.63) is 0 Å². The number of hydrogen-bond donors (Lipinski definition) is 0. The molecular formula is C8H12N2O4. The first-order chi connectivity index (χ1) is 6.50. The van der Waals surface area contributed by atoms with Crippen LogP contribution in [0.25, 0.3) is 0 Å². The van der Waals surface area contributed by atoms with Crippen LogP contribution in [0.1, 0.15) is 12.8 Å². The van der Waals surface area contributed by atoms with E-state index in [2.05, 4.69) is 4.84 Å². The van der Waals surface area contributed by atoms with Crippen molar-refractivity contribution in [3.63, 3.8) is 0 Å². The van der Waals surface area contributed by atoms with Gasteiger partial charge in [0.1, 0.15) is 0 Å². The molecule has 0 atom stereocenters. The zero-order chi connectivity index (χ0) is 10.7. The van der Waals surface area contributed by atoms with E-state index in [0.717, 1.165) is 0 Å². The van der Waals surface area contributed by atoms with Crippen LogP contribution in [0.15, 0.2) is 0 Å². The molecule has 0 saturated carbocycles. The van der Waals surface area contributed by atoms with Crippen LogP contribution in [0.5, 0.6) is 0 Å². The number of carbonyl (C=O) groups excluding carboxylic acids is 3. The maximum atomic E-state index is 11.1. The number of imide groups is 1. The molecule has 0 bridgehead atoms. The van der Waals surface area contributed by atoms with Crippen LogP contribution in [0, 0.1) is 0 Å². The third-order valence-electron chi connectivity index (χ3n) is 1.64. The number of rotatable bonds is 3. The molecule has 78 valence electrons. The maximum Gasteiger partial charge on any atom is 0.347 e. The van der Waals surface area contributed by atoms with Crippen molar-refractivity contribution in [1.29, 1.82) is 0 Å². The van der Waals surface area contributed by atoms with E-state index in [1.165, 1.54) is 0 Å². The molecule has 6 heteroatoms. The Bertz CT molecular complexity index is 259. The van der Waals surface area contributed by atoms with E-state index in [-0.39, 0.29) is 19.4 Å². The van der Waals surface area contributed by atoms with E-state index in [0.29, 0.717) is 5.06 Å². The van der Waals surface area contributed by atoms with Crippen molar-refractivity contribution in [3.8, 4) is 0 Å². The average Bonchev–Trinajstić information content (AvgIpc) is 2.34. The molecule has 0 aromatic carbocycles. The third kappa shape index (κ3) is 2.53. The summed E-state index contributed by atoms with van der Waals surface area (Å²) in [5.74, 6) is -1.53. The Morgan fingerprint density at radius 2 is 1.86 bits per heavy atom. The SMILES string of the molecule is [13CH3][15N]([13CH3])[13CH2][13C](=O)ON1C(=O)CCC1=O. The Balaban J connectivity index is 2.47. The molecule has 1 saturated heterocycles. The standard InChI is InChI=1S/C8H12N2O4/c1-9(2)5-8(13)14-10-6(11)3-4-7(10)12/h3-5H2,1-2H3/i1+1,2+1,5+1,8+1,9+1. The van der Waals surface area contributed by atoms with Crippen LogP contribution in [-0.2, 0) is 19.2 Å². The minimum absolute atomic E-state index is 0.0387. The first kappa shape index (κ1) is 10.6. The molecule has 14 heavy (non-hydrogen) atoms. The van der Waals surface area contributed by atoms with Crippen LogP contribution >= 0.6 is 0 Å². The molecule has 1 aliphatic heterocycles. The van der Waals surface area contributed by atoms with Crippen molar-refractivity contribution >= 4 is 17.8 Å². The highest BCUT2D eigenvalue weighted by atomic mass is 16.8. The van der Waals surface area contributed by atoms with E-state index in [9.17, 15) is 14.4 Å². The van der Waals surface area contributed by atoms with Gasteiger partial charge in [0.25, 0.3) is 11.8 Å². The Morgan fingerprint density at radius 1 is 1.36 bits per heavy atom. The van der Waals surface area contributed by atoms with Gasteiger partial charge in [0.15, 0.2) is 0 Å². The largest absolute Gasteiger partial charge is 0.347 e. The van der Waals surface area contributed by atoms with E-state index in [4.69, 9.17) is 0 Å². The molecule has 0 aromatic heterocycles. The first-order valence-corrected chi connectivity index (χ1v) is 4.22. The van der Waals surface area contributed by atoms with Crippen molar-refractivity contribution in [2.24, 2.45) is 0 Å². The fourth-order valence-corrected chi connectivity index (χ4v) is 1.05. The van der Waals surface area contributed by atoms with Crippen LogP contribution in [0.4, 0.5) is 0 Å². The molecule has 0 radical (unpaired) electrons.